The molecular weight excluding hydrogens is 368 g/mol. The molecule has 0 saturated heterocycles. The van der Waals surface area contributed by atoms with Gasteiger partial charge in [0.05, 0.1) is 5.71 Å². The first-order valence-corrected chi connectivity index (χ1v) is 10.0. The van der Waals surface area contributed by atoms with Gasteiger partial charge >= 0.3 is 5.69 Å². The van der Waals surface area contributed by atoms with E-state index in [2.05, 4.69) is 41.3 Å². The Morgan fingerprint density at radius 1 is 1.21 bits per heavy atom. The molecule has 0 radical (unpaired) electrons. The van der Waals surface area contributed by atoms with E-state index in [1.54, 1.807) is 7.05 Å². The fraction of sp³-hybridized carbons (Fsp3) is 0.429. The number of hydrogen-bond acceptors (Lipinski definition) is 5. The van der Waals surface area contributed by atoms with Crippen LogP contribution in [0.5, 0.6) is 0 Å². The van der Waals surface area contributed by atoms with Gasteiger partial charge in [0.1, 0.15) is 0 Å². The number of nitrogens with one attached hydrogen (secondary N) is 2. The van der Waals surface area contributed by atoms with Gasteiger partial charge in [-0.25, -0.2) is 10.2 Å². The third-order valence-corrected chi connectivity index (χ3v) is 4.89. The van der Waals surface area contributed by atoms with Crippen molar-refractivity contribution in [3.05, 3.63) is 56.7 Å². The van der Waals surface area contributed by atoms with E-state index in [9.17, 15) is 9.59 Å². The number of hydrazone groups is 1. The van der Waals surface area contributed by atoms with Crippen LogP contribution < -0.4 is 16.7 Å². The fourth-order valence-electron chi connectivity index (χ4n) is 3.30. The van der Waals surface area contributed by atoms with E-state index in [1.165, 1.54) is 4.57 Å². The summed E-state index contributed by atoms with van der Waals surface area (Å²) in [6.07, 6.45) is 3.00. The highest BCUT2D eigenvalue weighted by Crippen LogP contribution is 2.18. The number of H-pyrrole nitrogens is 1. The smallest absolute Gasteiger partial charge is 0.303 e. The number of hydrogen-bond donors (Lipinski definition) is 2. The van der Waals surface area contributed by atoms with Gasteiger partial charge in [-0.3, -0.25) is 14.3 Å². The quantitative estimate of drug-likeness (QED) is 0.347. The second-order valence-electron chi connectivity index (χ2n) is 7.41. The number of aromatic amines is 1. The van der Waals surface area contributed by atoms with E-state index in [4.69, 9.17) is 0 Å². The Hall–Kier alpha value is -3.16. The van der Waals surface area contributed by atoms with Gasteiger partial charge in [-0.05, 0) is 17.9 Å². The van der Waals surface area contributed by atoms with Gasteiger partial charge < -0.3 is 4.57 Å². The molecule has 0 aliphatic rings. The summed E-state index contributed by atoms with van der Waals surface area (Å²) in [5, 5.41) is 4.61. The van der Waals surface area contributed by atoms with Crippen molar-refractivity contribution in [1.82, 2.24) is 19.1 Å². The number of imidazole rings is 1. The first kappa shape index (κ1) is 20.6. The summed E-state index contributed by atoms with van der Waals surface area (Å²) in [6, 6.07) is 9.94. The predicted molar refractivity (Wildman–Crippen MR) is 117 cm³/mol. The van der Waals surface area contributed by atoms with Crippen molar-refractivity contribution in [1.29, 1.82) is 0 Å². The Kier molecular flexibility index (Phi) is 6.31. The van der Waals surface area contributed by atoms with E-state index >= 15 is 0 Å². The molecule has 0 unspecified atom stereocenters. The molecule has 3 rings (SSSR count). The number of benzene rings is 1. The fourth-order valence-corrected chi connectivity index (χ4v) is 3.30. The Labute approximate surface area is 169 Å². The van der Waals surface area contributed by atoms with E-state index in [0.29, 0.717) is 23.7 Å². The van der Waals surface area contributed by atoms with Crippen LogP contribution in [0.25, 0.3) is 11.2 Å². The average Bonchev–Trinajstić information content (AvgIpc) is 3.06. The van der Waals surface area contributed by atoms with Crippen molar-refractivity contribution < 1.29 is 0 Å². The van der Waals surface area contributed by atoms with Gasteiger partial charge in [0.2, 0.25) is 5.95 Å². The summed E-state index contributed by atoms with van der Waals surface area (Å²) in [4.78, 5) is 31.4. The lowest BCUT2D eigenvalue weighted by Crippen LogP contribution is -2.29. The Bertz CT molecular complexity index is 1120. The number of aryl methyl sites for hydroxylation is 2. The molecular formula is C21H28N6O2. The van der Waals surface area contributed by atoms with E-state index < -0.39 is 11.2 Å². The molecule has 2 heterocycles. The molecule has 0 bridgehead atoms. The molecule has 0 fully saturated rings. The number of fused-ring (bicyclic) bond motifs is 1. The first-order valence-electron chi connectivity index (χ1n) is 10.0. The first-order chi connectivity index (χ1) is 13.9. The SMILES string of the molecule is CCCCCn1c(N/N=C(\c2ccccc2)C(C)C)nc2c1c(=O)[nH]c(=O)n2C. The van der Waals surface area contributed by atoms with Crippen LogP contribution in [-0.2, 0) is 13.6 Å². The van der Waals surface area contributed by atoms with Crippen LogP contribution in [0.1, 0.15) is 45.6 Å². The van der Waals surface area contributed by atoms with Crippen molar-refractivity contribution >= 4 is 22.8 Å². The molecule has 0 aliphatic heterocycles. The lowest BCUT2D eigenvalue weighted by Gasteiger charge is -2.12. The van der Waals surface area contributed by atoms with Crippen molar-refractivity contribution in [3.8, 4) is 0 Å². The molecule has 8 nitrogen and oxygen atoms in total. The van der Waals surface area contributed by atoms with E-state index in [0.717, 1.165) is 30.5 Å². The molecule has 0 atom stereocenters. The minimum Gasteiger partial charge on any atom is -0.303 e. The molecule has 0 amide bonds. The maximum Gasteiger partial charge on any atom is 0.329 e. The zero-order chi connectivity index (χ0) is 21.0. The average molecular weight is 396 g/mol. The van der Waals surface area contributed by atoms with Crippen molar-refractivity contribution in [2.45, 2.75) is 46.6 Å². The molecule has 2 aromatic heterocycles. The molecule has 0 saturated carbocycles. The second kappa shape index (κ2) is 8.89. The van der Waals surface area contributed by atoms with Gasteiger partial charge in [-0.15, -0.1) is 0 Å². The highest BCUT2D eigenvalue weighted by atomic mass is 16.2. The van der Waals surface area contributed by atoms with E-state index in [-0.39, 0.29) is 5.92 Å². The van der Waals surface area contributed by atoms with Gasteiger partial charge in [-0.1, -0.05) is 63.9 Å². The molecule has 29 heavy (non-hydrogen) atoms. The number of nitrogens with zero attached hydrogens (tertiary/aromatic N) is 4. The third-order valence-electron chi connectivity index (χ3n) is 4.89. The van der Waals surface area contributed by atoms with Gasteiger partial charge in [0.25, 0.3) is 5.56 Å². The number of anilines is 1. The highest BCUT2D eigenvalue weighted by molar-refractivity contribution is 6.02. The summed E-state index contributed by atoms with van der Waals surface area (Å²) in [5.74, 6) is 0.646. The lowest BCUT2D eigenvalue weighted by atomic mass is 10.0. The largest absolute Gasteiger partial charge is 0.329 e. The summed E-state index contributed by atoms with van der Waals surface area (Å²) in [7, 11) is 1.60. The maximum absolute atomic E-state index is 12.5. The van der Waals surface area contributed by atoms with Crippen LogP contribution in [0.15, 0.2) is 45.0 Å². The third kappa shape index (κ3) is 4.31. The highest BCUT2D eigenvalue weighted by Gasteiger charge is 2.17. The number of aromatic nitrogens is 4. The summed E-state index contributed by atoms with van der Waals surface area (Å²) < 4.78 is 3.16. The normalized spacial score (nSPS) is 12.1. The molecule has 2 N–H and O–H groups in total. The zero-order valence-corrected chi connectivity index (χ0v) is 17.4. The monoisotopic (exact) mass is 396 g/mol. The molecule has 8 heteroatoms. The van der Waals surface area contributed by atoms with Gasteiger partial charge in [0, 0.05) is 13.6 Å². The standard InChI is InChI=1S/C21H28N6O2/c1-5-6-10-13-27-17-18(26(4)21(29)23-19(17)28)22-20(27)25-24-16(14(2)3)15-11-8-7-9-12-15/h7-9,11-12,14H,5-6,10,13H2,1-4H3,(H,22,25)(H,23,28,29)/b24-16-. The van der Waals surface area contributed by atoms with Crippen LogP contribution >= 0.6 is 0 Å². The number of rotatable bonds is 8. The van der Waals surface area contributed by atoms with Crippen molar-refractivity contribution in [2.75, 3.05) is 5.43 Å². The van der Waals surface area contributed by atoms with E-state index in [1.807, 2.05) is 34.9 Å². The summed E-state index contributed by atoms with van der Waals surface area (Å²) in [6.45, 7) is 6.89. The molecule has 3 aromatic rings. The van der Waals surface area contributed by atoms with Crippen molar-refractivity contribution in [2.24, 2.45) is 18.1 Å². The van der Waals surface area contributed by atoms with Gasteiger partial charge in [-0.2, -0.15) is 10.1 Å². The summed E-state index contributed by atoms with van der Waals surface area (Å²) in [5.41, 5.74) is 4.78. The molecule has 0 aliphatic carbocycles. The van der Waals surface area contributed by atoms with Crippen LogP contribution in [0.2, 0.25) is 0 Å². The Morgan fingerprint density at radius 2 is 1.93 bits per heavy atom. The van der Waals surface area contributed by atoms with Crippen LogP contribution in [0.4, 0.5) is 5.95 Å². The molecule has 0 spiro atoms. The minimum absolute atomic E-state index is 0.190. The molecule has 1 aromatic carbocycles. The van der Waals surface area contributed by atoms with Crippen LogP contribution in [0, 0.1) is 5.92 Å². The molecule has 154 valence electrons. The Balaban J connectivity index is 2.09. The number of unbranched alkanes of at least 4 members (excludes halogenated alkanes) is 2. The van der Waals surface area contributed by atoms with Crippen LogP contribution in [-0.4, -0.2) is 24.8 Å². The topological polar surface area (TPSA) is 97.1 Å². The zero-order valence-electron chi connectivity index (χ0n) is 17.4. The van der Waals surface area contributed by atoms with Crippen LogP contribution in [0.3, 0.4) is 0 Å². The Morgan fingerprint density at radius 3 is 2.59 bits per heavy atom. The maximum atomic E-state index is 12.5. The summed E-state index contributed by atoms with van der Waals surface area (Å²) >= 11 is 0. The van der Waals surface area contributed by atoms with Crippen molar-refractivity contribution in [3.63, 3.8) is 0 Å². The van der Waals surface area contributed by atoms with Gasteiger partial charge in [0.15, 0.2) is 11.2 Å². The lowest BCUT2D eigenvalue weighted by molar-refractivity contribution is 0.615. The second-order valence-corrected chi connectivity index (χ2v) is 7.41. The predicted octanol–water partition coefficient (Wildman–Crippen LogP) is 3.09. The minimum atomic E-state index is -0.483.